The Labute approximate surface area is 492 Å². The lowest BCUT2D eigenvalue weighted by molar-refractivity contribution is -0.440. The van der Waals surface area contributed by atoms with Crippen LogP contribution in [-0.2, 0) is 29.9 Å². The van der Waals surface area contributed by atoms with Crippen LogP contribution in [0.4, 0.5) is 11.4 Å². The predicted molar refractivity (Wildman–Crippen MR) is 339 cm³/mol. The highest BCUT2D eigenvalue weighted by atomic mass is 16.5. The molecular weight excluding hydrogens is 1020 g/mol. The summed E-state index contributed by atoms with van der Waals surface area (Å²) in [5.41, 5.74) is 10.0. The summed E-state index contributed by atoms with van der Waals surface area (Å²) in [6.45, 7) is 25.1. The van der Waals surface area contributed by atoms with Gasteiger partial charge >= 0.3 is 5.97 Å². The number of carbonyl (C=O) groups is 2. The van der Waals surface area contributed by atoms with Gasteiger partial charge in [-0.25, -0.2) is 0 Å². The van der Waals surface area contributed by atoms with Crippen molar-refractivity contribution in [3.8, 4) is 0 Å². The number of anilines is 1. The second-order valence-electron chi connectivity index (χ2n) is 25.9. The summed E-state index contributed by atoms with van der Waals surface area (Å²) in [5, 5.41) is 28.9. The summed E-state index contributed by atoms with van der Waals surface area (Å²) in [6, 6.07) is 26.4. The van der Waals surface area contributed by atoms with Gasteiger partial charge in [-0.05, 0) is 204 Å². The molecule has 4 aromatic carbocycles. The first-order valence-electron chi connectivity index (χ1n) is 31.7. The van der Waals surface area contributed by atoms with Gasteiger partial charge < -0.3 is 34.8 Å². The second kappa shape index (κ2) is 28.0. The Morgan fingerprint density at radius 2 is 1.49 bits per heavy atom. The third-order valence-electron chi connectivity index (χ3n) is 19.9. The number of carbonyl (C=O) groups excluding carboxylic acids is 2. The van der Waals surface area contributed by atoms with Gasteiger partial charge in [0.25, 0.3) is 0 Å². The second-order valence-corrected chi connectivity index (χ2v) is 25.9. The van der Waals surface area contributed by atoms with Crippen molar-refractivity contribution in [2.24, 2.45) is 22.7 Å². The molecule has 4 aromatic rings. The third kappa shape index (κ3) is 13.6. The molecule has 1 fully saturated rings. The van der Waals surface area contributed by atoms with Crippen LogP contribution in [0.25, 0.3) is 21.5 Å². The molecule has 82 heavy (non-hydrogen) atoms. The lowest BCUT2D eigenvalue weighted by atomic mass is 9.70. The summed E-state index contributed by atoms with van der Waals surface area (Å²) < 4.78 is 13.5. The molecule has 444 valence electrons. The van der Waals surface area contributed by atoms with E-state index in [1.165, 1.54) is 85.0 Å². The molecule has 3 N–H and O–H groups in total. The van der Waals surface area contributed by atoms with Gasteiger partial charge in [0.05, 0.1) is 24.0 Å². The molecule has 0 saturated carbocycles. The van der Waals surface area contributed by atoms with Gasteiger partial charge in [0.2, 0.25) is 11.6 Å². The Balaban J connectivity index is 0.995. The van der Waals surface area contributed by atoms with E-state index < -0.39 is 10.8 Å². The lowest BCUT2D eigenvalue weighted by Gasteiger charge is -2.38. The zero-order chi connectivity index (χ0) is 58.7. The Hall–Kier alpha value is -5.39. The minimum Gasteiger partial charge on any atom is -0.465 e. The molecule has 10 heteroatoms. The Kier molecular flexibility index (Phi) is 21.4. The van der Waals surface area contributed by atoms with E-state index in [4.69, 9.17) is 9.47 Å². The molecule has 1 saturated heterocycles. The summed E-state index contributed by atoms with van der Waals surface area (Å²) >= 11 is 0. The fourth-order valence-electron chi connectivity index (χ4n) is 14.5. The van der Waals surface area contributed by atoms with Crippen molar-refractivity contribution in [1.29, 1.82) is 0 Å². The highest BCUT2D eigenvalue weighted by molar-refractivity contribution is 6.08. The van der Waals surface area contributed by atoms with E-state index in [0.29, 0.717) is 50.8 Å². The molecule has 10 nitrogen and oxygen atoms in total. The van der Waals surface area contributed by atoms with Crippen LogP contribution in [0.3, 0.4) is 0 Å². The van der Waals surface area contributed by atoms with E-state index >= 15 is 0 Å². The molecule has 3 aliphatic heterocycles. The van der Waals surface area contributed by atoms with E-state index in [0.717, 1.165) is 90.3 Å². The number of unbranched alkanes of at least 4 members (excludes halogenated alkanes) is 2. The highest BCUT2D eigenvalue weighted by Crippen LogP contribution is 2.51. The number of methoxy groups -OCH3 is 1. The third-order valence-corrected chi connectivity index (χ3v) is 19.9. The Morgan fingerprint density at radius 1 is 0.793 bits per heavy atom. The van der Waals surface area contributed by atoms with Gasteiger partial charge in [-0.1, -0.05) is 121 Å². The number of β-amino-alcohol motifs (C(OH)–C–C–N with tert-alkyl or cyclic N) is 2. The van der Waals surface area contributed by atoms with Crippen LogP contribution in [-0.4, -0.2) is 104 Å². The largest absolute Gasteiger partial charge is 0.465 e. The number of benzene rings is 4. The number of aliphatic hydroxyl groups is 2. The number of nitrogens with one attached hydrogen (secondary N) is 1. The molecule has 3 unspecified atom stereocenters. The van der Waals surface area contributed by atoms with Crippen molar-refractivity contribution in [3.05, 3.63) is 131 Å². The normalized spacial score (nSPS) is 20.3. The molecule has 1 aliphatic carbocycles. The van der Waals surface area contributed by atoms with E-state index in [1.54, 1.807) is 7.11 Å². The number of nitrogens with zero attached hydrogens (tertiary/aromatic N) is 3. The fourth-order valence-corrected chi connectivity index (χ4v) is 14.5. The van der Waals surface area contributed by atoms with Crippen molar-refractivity contribution in [2.45, 2.75) is 176 Å². The van der Waals surface area contributed by atoms with Crippen LogP contribution < -0.4 is 10.2 Å². The van der Waals surface area contributed by atoms with Crippen LogP contribution in [0.15, 0.2) is 120 Å². The standard InChI is InChI=1S/C72H100N4O6/c1-11-14-50-82-68(80)72(9,42-41-71(8,13-3)67(79)73-51-81-10)40-37-52(12-2)53-38-44-74(45-39-53)43-20-19-26-58-54(31-35-63-69(4,5)65-59-27-17-15-22-56(59)29-33-61(65)75(63)46-48-77)24-21-25-55(58)32-36-64-70(6,7)66-60-28-18-16-23-57(60)30-34-62(66)76(64)47-49-78/h15-18,22-23,27-36,52-53,77-78H,11-14,19-21,24-26,37-51H2,1-10H3/p+1. The zero-order valence-corrected chi connectivity index (χ0v) is 51.9. The number of hydrogen-bond donors (Lipinski definition) is 3. The summed E-state index contributed by atoms with van der Waals surface area (Å²) in [7, 11) is 1.58. The predicted octanol–water partition coefficient (Wildman–Crippen LogP) is 15.0. The number of amides is 1. The summed E-state index contributed by atoms with van der Waals surface area (Å²) in [5.74, 6) is 1.02. The maximum Gasteiger partial charge on any atom is 0.311 e. The van der Waals surface area contributed by atoms with Crippen molar-refractivity contribution in [2.75, 3.05) is 71.3 Å². The minimum atomic E-state index is -0.656. The van der Waals surface area contributed by atoms with Gasteiger partial charge in [-0.3, -0.25) is 9.59 Å². The average molecular weight is 1120 g/mol. The van der Waals surface area contributed by atoms with Crippen molar-refractivity contribution in [1.82, 2.24) is 10.2 Å². The number of fused-ring (bicyclic) bond motifs is 6. The summed E-state index contributed by atoms with van der Waals surface area (Å²) in [4.78, 5) is 32.3. The number of rotatable bonds is 28. The highest BCUT2D eigenvalue weighted by Gasteiger charge is 2.46. The Morgan fingerprint density at radius 3 is 2.16 bits per heavy atom. The van der Waals surface area contributed by atoms with Crippen LogP contribution >= 0.6 is 0 Å². The maximum absolute atomic E-state index is 13.9. The quantitative estimate of drug-likeness (QED) is 0.0223. The van der Waals surface area contributed by atoms with Gasteiger partial charge in [-0.2, -0.15) is 4.58 Å². The average Bonchev–Trinajstić information content (AvgIpc) is 2.09. The maximum atomic E-state index is 13.9. The van der Waals surface area contributed by atoms with Crippen LogP contribution in [0.2, 0.25) is 0 Å². The van der Waals surface area contributed by atoms with Crippen molar-refractivity contribution >= 4 is 50.5 Å². The molecule has 0 aromatic heterocycles. The molecule has 3 heterocycles. The van der Waals surface area contributed by atoms with Gasteiger partial charge in [0.15, 0.2) is 12.3 Å². The van der Waals surface area contributed by atoms with Crippen LogP contribution in [0.1, 0.15) is 176 Å². The van der Waals surface area contributed by atoms with Gasteiger partial charge in [-0.15, -0.1) is 0 Å². The molecular formula is C72H101N4O6+. The Bertz CT molecular complexity index is 3030. The number of hydrogen-bond acceptors (Lipinski definition) is 8. The summed E-state index contributed by atoms with van der Waals surface area (Å²) in [6.07, 6.45) is 24.9. The molecule has 0 radical (unpaired) electrons. The van der Waals surface area contributed by atoms with E-state index in [1.807, 2.05) is 6.92 Å². The number of allylic oxidation sites excluding steroid dienone is 8. The van der Waals surface area contributed by atoms with Crippen molar-refractivity contribution in [3.63, 3.8) is 0 Å². The van der Waals surface area contributed by atoms with E-state index in [-0.39, 0.29) is 42.7 Å². The molecule has 3 atom stereocenters. The first-order chi connectivity index (χ1) is 39.5. The fraction of sp³-hybridized carbons (Fsp3) is 0.569. The first-order valence-corrected chi connectivity index (χ1v) is 31.7. The molecule has 8 rings (SSSR count). The topological polar surface area (TPSA) is 115 Å². The van der Waals surface area contributed by atoms with E-state index in [9.17, 15) is 19.8 Å². The number of aliphatic hydroxyl groups excluding tert-OH is 2. The number of piperidine rings is 1. The minimum absolute atomic E-state index is 0.0260. The van der Waals surface area contributed by atoms with Crippen LogP contribution in [0.5, 0.6) is 0 Å². The monoisotopic (exact) mass is 1120 g/mol. The molecule has 1 amide bonds. The number of esters is 1. The van der Waals surface area contributed by atoms with Crippen molar-refractivity contribution < 1.29 is 33.9 Å². The van der Waals surface area contributed by atoms with Gasteiger partial charge in [0.1, 0.15) is 13.3 Å². The van der Waals surface area contributed by atoms with E-state index in [2.05, 4.69) is 172 Å². The van der Waals surface area contributed by atoms with Gasteiger partial charge in [0, 0.05) is 53.6 Å². The molecule has 4 aliphatic rings. The molecule has 0 spiro atoms. The van der Waals surface area contributed by atoms with Crippen LogP contribution in [0, 0.1) is 22.7 Å². The lowest BCUT2D eigenvalue weighted by Crippen LogP contribution is -2.41. The first kappa shape index (κ1) is 62.7. The number of likely N-dealkylation sites (tertiary alicyclic amines) is 1. The zero-order valence-electron chi connectivity index (χ0n) is 51.9. The smallest absolute Gasteiger partial charge is 0.311 e. The SMILES string of the molecule is CCCCOC(=O)C(C)(CCC(CC)C1CCN(CCCCC2=C(/C=C/C3=[N+](CCO)c4ccc5ccccc5c4C3(C)C)CCC/C2=C\C=C2\N(CCO)c3ccc4ccccc4c3C2(C)C)CC1)CCC(C)(CC)C(=O)NCOC. The molecule has 0 bridgehead atoms. The number of ether oxygens (including phenoxy) is 2.